The molecule has 1 aromatic heterocycles. The van der Waals surface area contributed by atoms with E-state index >= 15 is 0 Å². The van der Waals surface area contributed by atoms with Gasteiger partial charge in [-0.2, -0.15) is 8.78 Å². The molecule has 0 saturated heterocycles. The summed E-state index contributed by atoms with van der Waals surface area (Å²) in [4.78, 5) is 21.6. The van der Waals surface area contributed by atoms with Crippen LogP contribution in [0.3, 0.4) is 0 Å². The monoisotopic (exact) mass is 405 g/mol. The Morgan fingerprint density at radius 1 is 0.833 bits per heavy atom. The van der Waals surface area contributed by atoms with Gasteiger partial charge in [-0.1, -0.05) is 54.6 Å². The summed E-state index contributed by atoms with van der Waals surface area (Å²) in [7, 11) is 0. The molecule has 30 heavy (non-hydrogen) atoms. The van der Waals surface area contributed by atoms with Gasteiger partial charge in [0.15, 0.2) is 0 Å². The zero-order chi connectivity index (χ0) is 20.9. The van der Waals surface area contributed by atoms with Crippen LogP contribution in [0.4, 0.5) is 8.78 Å². The molecule has 7 heteroatoms. The smallest absolute Gasteiger partial charge is 0.387 e. The van der Waals surface area contributed by atoms with Crippen LogP contribution in [0, 0.1) is 0 Å². The first kappa shape index (κ1) is 19.4. The van der Waals surface area contributed by atoms with Crippen molar-refractivity contribution in [3.63, 3.8) is 0 Å². The van der Waals surface area contributed by atoms with Crippen molar-refractivity contribution in [3.05, 3.63) is 102 Å². The molecule has 0 aliphatic carbocycles. The highest BCUT2D eigenvalue weighted by atomic mass is 19.3. The number of nitrogens with one attached hydrogen (secondary N) is 1. The molecule has 0 saturated carbocycles. The maximum Gasteiger partial charge on any atom is 0.387 e. The zero-order valence-corrected chi connectivity index (χ0v) is 15.7. The molecular formula is C23H17F2N3O2. The SMILES string of the molecule is O=C(NC(c1ccccc1)c1ccc(OC(F)F)cc1)c1cnc2ccccc2n1. The van der Waals surface area contributed by atoms with Gasteiger partial charge in [0, 0.05) is 0 Å². The summed E-state index contributed by atoms with van der Waals surface area (Å²) < 4.78 is 29.3. The van der Waals surface area contributed by atoms with Crippen molar-refractivity contribution < 1.29 is 18.3 Å². The fourth-order valence-electron chi connectivity index (χ4n) is 3.12. The fourth-order valence-corrected chi connectivity index (χ4v) is 3.12. The maximum atomic E-state index is 12.9. The van der Waals surface area contributed by atoms with Crippen LogP contribution in [0.25, 0.3) is 11.0 Å². The summed E-state index contributed by atoms with van der Waals surface area (Å²) in [6, 6.07) is 22.3. The van der Waals surface area contributed by atoms with Gasteiger partial charge < -0.3 is 10.1 Å². The molecule has 0 bridgehead atoms. The lowest BCUT2D eigenvalue weighted by Gasteiger charge is -2.20. The number of hydrogen-bond donors (Lipinski definition) is 1. The molecule has 4 rings (SSSR count). The second-order valence-corrected chi connectivity index (χ2v) is 6.51. The number of benzene rings is 3. The number of carbonyl (C=O) groups excluding carboxylic acids is 1. The van der Waals surface area contributed by atoms with E-state index < -0.39 is 18.6 Å². The predicted octanol–water partition coefficient (Wildman–Crippen LogP) is 4.75. The molecule has 1 N–H and O–H groups in total. The quantitative estimate of drug-likeness (QED) is 0.503. The third-order valence-corrected chi connectivity index (χ3v) is 4.53. The molecule has 1 atom stereocenters. The van der Waals surface area contributed by atoms with Gasteiger partial charge in [-0.25, -0.2) is 4.98 Å². The molecule has 1 unspecified atom stereocenters. The normalized spacial score (nSPS) is 12.0. The highest BCUT2D eigenvalue weighted by Gasteiger charge is 2.19. The number of nitrogens with zero attached hydrogens (tertiary/aromatic N) is 2. The lowest BCUT2D eigenvalue weighted by atomic mass is 9.98. The van der Waals surface area contributed by atoms with Gasteiger partial charge in [-0.05, 0) is 35.4 Å². The molecule has 0 aliphatic heterocycles. The third-order valence-electron chi connectivity index (χ3n) is 4.53. The van der Waals surface area contributed by atoms with Crippen LogP contribution in [0.2, 0.25) is 0 Å². The van der Waals surface area contributed by atoms with Crippen molar-refractivity contribution in [3.8, 4) is 5.75 Å². The van der Waals surface area contributed by atoms with E-state index in [2.05, 4.69) is 20.0 Å². The fraction of sp³-hybridized carbons (Fsp3) is 0.0870. The van der Waals surface area contributed by atoms with Gasteiger partial charge in [0.05, 0.1) is 23.3 Å². The van der Waals surface area contributed by atoms with Crippen LogP contribution < -0.4 is 10.1 Å². The number of rotatable bonds is 6. The van der Waals surface area contributed by atoms with E-state index in [0.717, 1.165) is 5.56 Å². The average Bonchev–Trinajstić information content (AvgIpc) is 2.78. The summed E-state index contributed by atoms with van der Waals surface area (Å²) in [5.41, 5.74) is 3.05. The summed E-state index contributed by atoms with van der Waals surface area (Å²) >= 11 is 0. The minimum atomic E-state index is -2.90. The highest BCUT2D eigenvalue weighted by Crippen LogP contribution is 2.25. The molecule has 1 amide bonds. The minimum Gasteiger partial charge on any atom is -0.435 e. The first-order valence-electron chi connectivity index (χ1n) is 9.22. The molecule has 5 nitrogen and oxygen atoms in total. The van der Waals surface area contributed by atoms with Crippen LogP contribution >= 0.6 is 0 Å². The predicted molar refractivity (Wildman–Crippen MR) is 108 cm³/mol. The number of alkyl halides is 2. The Balaban J connectivity index is 1.63. The van der Waals surface area contributed by atoms with Crippen LogP contribution in [0.5, 0.6) is 5.75 Å². The van der Waals surface area contributed by atoms with E-state index in [0.29, 0.717) is 16.6 Å². The molecule has 4 aromatic rings. The first-order valence-corrected chi connectivity index (χ1v) is 9.22. The van der Waals surface area contributed by atoms with E-state index in [-0.39, 0.29) is 11.4 Å². The van der Waals surface area contributed by atoms with Crippen LogP contribution in [-0.4, -0.2) is 22.5 Å². The molecule has 1 heterocycles. The molecule has 3 aromatic carbocycles. The van der Waals surface area contributed by atoms with Crippen molar-refractivity contribution in [2.45, 2.75) is 12.7 Å². The van der Waals surface area contributed by atoms with Crippen LogP contribution in [-0.2, 0) is 0 Å². The molecule has 0 spiro atoms. The van der Waals surface area contributed by atoms with Crippen molar-refractivity contribution in [1.29, 1.82) is 0 Å². The Bertz CT molecular complexity index is 1150. The molecule has 0 aliphatic rings. The van der Waals surface area contributed by atoms with Gasteiger partial charge in [0.1, 0.15) is 11.4 Å². The molecule has 0 fully saturated rings. The van der Waals surface area contributed by atoms with E-state index in [9.17, 15) is 13.6 Å². The number of hydrogen-bond acceptors (Lipinski definition) is 4. The van der Waals surface area contributed by atoms with E-state index in [1.54, 1.807) is 18.2 Å². The largest absolute Gasteiger partial charge is 0.435 e. The number of carbonyl (C=O) groups is 1. The lowest BCUT2D eigenvalue weighted by molar-refractivity contribution is -0.0498. The molecule has 0 radical (unpaired) electrons. The zero-order valence-electron chi connectivity index (χ0n) is 15.7. The van der Waals surface area contributed by atoms with Crippen LogP contribution in [0.15, 0.2) is 85.1 Å². The summed E-state index contributed by atoms with van der Waals surface area (Å²) in [5.74, 6) is -0.345. The third kappa shape index (κ3) is 4.41. The number of amides is 1. The maximum absolute atomic E-state index is 12.9. The number of ether oxygens (including phenoxy) is 1. The van der Waals surface area contributed by atoms with E-state index in [1.807, 2.05) is 48.5 Å². The minimum absolute atomic E-state index is 0.0484. The second-order valence-electron chi connectivity index (χ2n) is 6.51. The number of fused-ring (bicyclic) bond motifs is 1. The highest BCUT2D eigenvalue weighted by molar-refractivity contribution is 5.94. The standard InChI is InChI=1S/C23H17F2N3O2/c24-23(25)30-17-12-10-16(11-13-17)21(15-6-2-1-3-7-15)28-22(29)20-14-26-18-8-4-5-9-19(18)27-20/h1-14,21,23H,(H,28,29). The van der Waals surface area contributed by atoms with Gasteiger partial charge in [-0.3, -0.25) is 9.78 Å². The van der Waals surface area contributed by atoms with E-state index in [1.165, 1.54) is 18.3 Å². The van der Waals surface area contributed by atoms with Gasteiger partial charge in [-0.15, -0.1) is 0 Å². The van der Waals surface area contributed by atoms with E-state index in [4.69, 9.17) is 0 Å². The summed E-state index contributed by atoms with van der Waals surface area (Å²) in [6.45, 7) is -2.90. The Kier molecular flexibility index (Phi) is 5.61. The van der Waals surface area contributed by atoms with Gasteiger partial charge >= 0.3 is 6.61 Å². The van der Waals surface area contributed by atoms with Crippen LogP contribution in [0.1, 0.15) is 27.7 Å². The molecule has 150 valence electrons. The van der Waals surface area contributed by atoms with Gasteiger partial charge in [0.25, 0.3) is 5.91 Å². The Morgan fingerprint density at radius 2 is 1.47 bits per heavy atom. The molecular weight excluding hydrogens is 388 g/mol. The number of halogens is 2. The van der Waals surface area contributed by atoms with Crippen molar-refractivity contribution in [2.24, 2.45) is 0 Å². The lowest BCUT2D eigenvalue weighted by Crippen LogP contribution is -2.30. The first-order chi connectivity index (χ1) is 14.6. The average molecular weight is 405 g/mol. The van der Waals surface area contributed by atoms with Crippen molar-refractivity contribution in [2.75, 3.05) is 0 Å². The topological polar surface area (TPSA) is 64.1 Å². The number of aromatic nitrogens is 2. The summed E-state index contributed by atoms with van der Waals surface area (Å²) in [5, 5.41) is 2.96. The van der Waals surface area contributed by atoms with Crippen molar-refractivity contribution in [1.82, 2.24) is 15.3 Å². The number of para-hydroxylation sites is 2. The Labute approximate surface area is 171 Å². The van der Waals surface area contributed by atoms with Crippen molar-refractivity contribution >= 4 is 16.9 Å². The summed E-state index contributed by atoms with van der Waals surface area (Å²) in [6.07, 6.45) is 1.43. The Morgan fingerprint density at radius 3 is 2.17 bits per heavy atom. The Hall–Kier alpha value is -3.87. The van der Waals surface area contributed by atoms with Gasteiger partial charge in [0.2, 0.25) is 0 Å². The second kappa shape index (κ2) is 8.65.